The Balaban J connectivity index is 1.91. The third kappa shape index (κ3) is 2.97. The summed E-state index contributed by atoms with van der Waals surface area (Å²) in [6.07, 6.45) is 1.94. The summed E-state index contributed by atoms with van der Waals surface area (Å²) in [6, 6.07) is 4.12. The summed E-state index contributed by atoms with van der Waals surface area (Å²) < 4.78 is 1.80. The van der Waals surface area contributed by atoms with Crippen molar-refractivity contribution in [3.8, 4) is 0 Å². The highest BCUT2D eigenvalue weighted by atomic mass is 32.1. The molecule has 0 unspecified atom stereocenters. The van der Waals surface area contributed by atoms with E-state index in [1.54, 1.807) is 16.0 Å². The molecule has 3 aromatic heterocycles. The van der Waals surface area contributed by atoms with Crippen molar-refractivity contribution in [3.05, 3.63) is 28.9 Å². The maximum atomic E-state index is 4.56. The number of aromatic nitrogens is 4. The Morgan fingerprint density at radius 3 is 2.86 bits per heavy atom. The molecule has 110 valence electrons. The zero-order valence-corrected chi connectivity index (χ0v) is 13.2. The van der Waals surface area contributed by atoms with Crippen molar-refractivity contribution in [2.24, 2.45) is 7.05 Å². The van der Waals surface area contributed by atoms with Crippen molar-refractivity contribution >= 4 is 33.3 Å². The minimum Gasteiger partial charge on any atom is -0.364 e. The highest BCUT2D eigenvalue weighted by molar-refractivity contribution is 7.18. The molecule has 0 saturated carbocycles. The largest absolute Gasteiger partial charge is 0.364 e. The maximum Gasteiger partial charge on any atom is 0.226 e. The first kappa shape index (κ1) is 13.8. The van der Waals surface area contributed by atoms with Crippen LogP contribution in [0.1, 0.15) is 17.5 Å². The van der Waals surface area contributed by atoms with Crippen LogP contribution in [-0.4, -0.2) is 26.3 Å². The van der Waals surface area contributed by atoms with Gasteiger partial charge in [0, 0.05) is 24.7 Å². The van der Waals surface area contributed by atoms with E-state index in [0.29, 0.717) is 12.5 Å². The van der Waals surface area contributed by atoms with Crippen molar-refractivity contribution in [1.29, 1.82) is 0 Å². The second-order valence-electron chi connectivity index (χ2n) is 4.84. The Morgan fingerprint density at radius 1 is 1.29 bits per heavy atom. The fourth-order valence-electron chi connectivity index (χ4n) is 2.15. The fraction of sp³-hybridized carbons (Fsp3) is 0.357. The zero-order valence-electron chi connectivity index (χ0n) is 12.3. The molecule has 6 nitrogen and oxygen atoms in total. The average molecular weight is 302 g/mol. The quantitative estimate of drug-likeness (QED) is 0.758. The molecule has 0 amide bonds. The van der Waals surface area contributed by atoms with Gasteiger partial charge >= 0.3 is 0 Å². The lowest BCUT2D eigenvalue weighted by Crippen LogP contribution is -2.07. The van der Waals surface area contributed by atoms with E-state index in [2.05, 4.69) is 38.7 Å². The number of rotatable bonds is 5. The number of nitrogens with one attached hydrogen (secondary N) is 2. The number of aryl methyl sites for hydroxylation is 2. The molecule has 0 bridgehead atoms. The van der Waals surface area contributed by atoms with Gasteiger partial charge in [0.05, 0.1) is 17.6 Å². The van der Waals surface area contributed by atoms with E-state index >= 15 is 0 Å². The first-order valence-electron chi connectivity index (χ1n) is 6.90. The summed E-state index contributed by atoms with van der Waals surface area (Å²) in [5.41, 5.74) is 0.987. The molecule has 0 aromatic carbocycles. The minimum atomic E-state index is 0.646. The SMILES string of the molecule is CCNc1nc(NCc2ccn(C)n2)c2cc(C)sc2n1. The zero-order chi connectivity index (χ0) is 14.8. The van der Waals surface area contributed by atoms with Crippen LogP contribution in [0.2, 0.25) is 0 Å². The van der Waals surface area contributed by atoms with Gasteiger partial charge in [-0.2, -0.15) is 10.1 Å². The van der Waals surface area contributed by atoms with E-state index in [-0.39, 0.29) is 0 Å². The summed E-state index contributed by atoms with van der Waals surface area (Å²) in [5, 5.41) is 12.0. The van der Waals surface area contributed by atoms with Crippen LogP contribution in [-0.2, 0) is 13.6 Å². The molecule has 0 aliphatic carbocycles. The summed E-state index contributed by atoms with van der Waals surface area (Å²) in [6.45, 7) is 5.57. The number of hydrogen-bond donors (Lipinski definition) is 2. The van der Waals surface area contributed by atoms with Crippen molar-refractivity contribution in [2.75, 3.05) is 17.2 Å². The number of nitrogens with zero attached hydrogens (tertiary/aromatic N) is 4. The molecule has 3 aromatic rings. The molecular weight excluding hydrogens is 284 g/mol. The Hall–Kier alpha value is -2.15. The molecule has 7 heteroatoms. The number of hydrogen-bond acceptors (Lipinski definition) is 6. The number of anilines is 2. The molecule has 3 heterocycles. The average Bonchev–Trinajstić information content (AvgIpc) is 3.01. The maximum absolute atomic E-state index is 4.56. The minimum absolute atomic E-state index is 0.646. The van der Waals surface area contributed by atoms with Crippen molar-refractivity contribution in [3.63, 3.8) is 0 Å². The molecule has 0 fully saturated rings. The van der Waals surface area contributed by atoms with Gasteiger partial charge in [0.15, 0.2) is 0 Å². The lowest BCUT2D eigenvalue weighted by atomic mass is 10.3. The molecule has 0 radical (unpaired) electrons. The number of thiophene rings is 1. The van der Waals surface area contributed by atoms with Crippen LogP contribution >= 0.6 is 11.3 Å². The van der Waals surface area contributed by atoms with Crippen LogP contribution in [0.25, 0.3) is 10.2 Å². The lowest BCUT2D eigenvalue weighted by Gasteiger charge is -2.08. The smallest absolute Gasteiger partial charge is 0.226 e. The van der Waals surface area contributed by atoms with Gasteiger partial charge in [-0.15, -0.1) is 11.3 Å². The van der Waals surface area contributed by atoms with E-state index in [9.17, 15) is 0 Å². The van der Waals surface area contributed by atoms with Crippen LogP contribution in [0.15, 0.2) is 18.3 Å². The van der Waals surface area contributed by atoms with Gasteiger partial charge in [-0.3, -0.25) is 4.68 Å². The Labute approximate surface area is 127 Å². The van der Waals surface area contributed by atoms with Gasteiger partial charge in [-0.05, 0) is 26.0 Å². The fourth-order valence-corrected chi connectivity index (χ4v) is 3.03. The second-order valence-corrected chi connectivity index (χ2v) is 6.07. The van der Waals surface area contributed by atoms with E-state index in [1.165, 1.54) is 4.88 Å². The van der Waals surface area contributed by atoms with E-state index < -0.39 is 0 Å². The summed E-state index contributed by atoms with van der Waals surface area (Å²) in [7, 11) is 1.91. The molecule has 21 heavy (non-hydrogen) atoms. The molecular formula is C14H18N6S. The molecule has 0 spiro atoms. The van der Waals surface area contributed by atoms with Gasteiger partial charge in [0.1, 0.15) is 10.6 Å². The predicted octanol–water partition coefficient (Wildman–Crippen LogP) is 2.78. The highest BCUT2D eigenvalue weighted by Gasteiger charge is 2.10. The Bertz CT molecular complexity index is 760. The van der Waals surface area contributed by atoms with Crippen LogP contribution in [0.4, 0.5) is 11.8 Å². The number of fused-ring (bicyclic) bond motifs is 1. The standard InChI is InChI=1S/C14H18N6S/c1-4-15-14-17-12(11-7-9(2)21-13(11)18-14)16-8-10-5-6-20(3)19-10/h5-7H,4,8H2,1-3H3,(H2,15,16,17,18). The molecule has 3 rings (SSSR count). The van der Waals surface area contributed by atoms with Crippen molar-refractivity contribution in [1.82, 2.24) is 19.7 Å². The van der Waals surface area contributed by atoms with Crippen molar-refractivity contribution in [2.45, 2.75) is 20.4 Å². The summed E-state index contributed by atoms with van der Waals surface area (Å²) in [4.78, 5) is 11.3. The summed E-state index contributed by atoms with van der Waals surface area (Å²) >= 11 is 1.68. The van der Waals surface area contributed by atoms with Crippen LogP contribution in [0.5, 0.6) is 0 Å². The topological polar surface area (TPSA) is 67.7 Å². The van der Waals surface area contributed by atoms with Gasteiger partial charge in [-0.1, -0.05) is 0 Å². The van der Waals surface area contributed by atoms with Gasteiger partial charge in [0.2, 0.25) is 5.95 Å². The lowest BCUT2D eigenvalue weighted by molar-refractivity contribution is 0.747. The van der Waals surface area contributed by atoms with Crippen molar-refractivity contribution < 1.29 is 0 Å². The molecule has 0 aliphatic rings. The molecule has 0 saturated heterocycles. The van der Waals surface area contributed by atoms with E-state index in [4.69, 9.17) is 0 Å². The van der Waals surface area contributed by atoms with Crippen LogP contribution < -0.4 is 10.6 Å². The first-order chi connectivity index (χ1) is 10.2. The Kier molecular flexibility index (Phi) is 3.74. The van der Waals surface area contributed by atoms with Gasteiger partial charge < -0.3 is 10.6 Å². The summed E-state index contributed by atoms with van der Waals surface area (Å²) in [5.74, 6) is 1.52. The molecule has 0 atom stereocenters. The molecule has 0 aliphatic heterocycles. The first-order valence-corrected chi connectivity index (χ1v) is 7.72. The van der Waals surface area contributed by atoms with Crippen LogP contribution in [0.3, 0.4) is 0 Å². The highest BCUT2D eigenvalue weighted by Crippen LogP contribution is 2.29. The predicted molar refractivity (Wildman–Crippen MR) is 86.9 cm³/mol. The third-order valence-corrected chi connectivity index (χ3v) is 4.00. The van der Waals surface area contributed by atoms with Crippen LogP contribution in [0, 0.1) is 6.92 Å². The van der Waals surface area contributed by atoms with Gasteiger partial charge in [0.25, 0.3) is 0 Å². The van der Waals surface area contributed by atoms with E-state index in [0.717, 1.165) is 28.3 Å². The monoisotopic (exact) mass is 302 g/mol. The normalized spacial score (nSPS) is 11.0. The molecule has 2 N–H and O–H groups in total. The Morgan fingerprint density at radius 2 is 2.14 bits per heavy atom. The third-order valence-electron chi connectivity index (χ3n) is 3.06. The van der Waals surface area contributed by atoms with Gasteiger partial charge in [-0.25, -0.2) is 4.98 Å². The van der Waals surface area contributed by atoms with E-state index in [1.807, 2.05) is 26.2 Å². The second kappa shape index (κ2) is 5.69.